The van der Waals surface area contributed by atoms with Gasteiger partial charge < -0.3 is 16.0 Å². The van der Waals surface area contributed by atoms with Crippen molar-refractivity contribution in [2.75, 3.05) is 18.4 Å². The Morgan fingerprint density at radius 2 is 2.03 bits per heavy atom. The SMILES string of the molecule is Fc1cnccc1Nc1nc(-c2ccccn2)nn2ccc(CNC3CCNCC3)c12. The van der Waals surface area contributed by atoms with Gasteiger partial charge in [-0.05, 0) is 55.8 Å². The summed E-state index contributed by atoms with van der Waals surface area (Å²) in [5.74, 6) is 0.533. The molecule has 0 bridgehead atoms. The van der Waals surface area contributed by atoms with Gasteiger partial charge in [-0.15, -0.1) is 5.10 Å². The Morgan fingerprint density at radius 1 is 1.13 bits per heavy atom. The largest absolute Gasteiger partial charge is 0.336 e. The molecule has 0 atom stereocenters. The van der Waals surface area contributed by atoms with Gasteiger partial charge in [-0.3, -0.25) is 9.97 Å². The lowest BCUT2D eigenvalue weighted by Crippen LogP contribution is -2.39. The van der Waals surface area contributed by atoms with E-state index in [2.05, 4.69) is 31.0 Å². The summed E-state index contributed by atoms with van der Waals surface area (Å²) < 4.78 is 16.1. The number of hydrogen-bond acceptors (Lipinski definition) is 7. The van der Waals surface area contributed by atoms with Gasteiger partial charge in [0.05, 0.1) is 11.9 Å². The Balaban J connectivity index is 1.54. The quantitative estimate of drug-likeness (QED) is 0.443. The third kappa shape index (κ3) is 4.23. The van der Waals surface area contributed by atoms with Crippen molar-refractivity contribution in [3.63, 3.8) is 0 Å². The van der Waals surface area contributed by atoms with Crippen LogP contribution in [-0.2, 0) is 6.54 Å². The van der Waals surface area contributed by atoms with Crippen molar-refractivity contribution in [1.82, 2.24) is 35.2 Å². The maximum atomic E-state index is 14.3. The minimum atomic E-state index is -0.445. The molecule has 158 valence electrons. The molecule has 1 aliphatic heterocycles. The Hall–Kier alpha value is -3.43. The molecule has 8 nitrogen and oxygen atoms in total. The summed E-state index contributed by atoms with van der Waals surface area (Å²) in [5.41, 5.74) is 2.80. The van der Waals surface area contributed by atoms with Crippen LogP contribution in [0.2, 0.25) is 0 Å². The smallest absolute Gasteiger partial charge is 0.200 e. The highest BCUT2D eigenvalue weighted by atomic mass is 19.1. The molecule has 0 spiro atoms. The molecule has 4 aromatic rings. The molecule has 1 aliphatic rings. The first-order valence-electron chi connectivity index (χ1n) is 10.4. The summed E-state index contributed by atoms with van der Waals surface area (Å²) in [6.45, 7) is 2.73. The van der Waals surface area contributed by atoms with Crippen LogP contribution in [0.3, 0.4) is 0 Å². The molecule has 0 unspecified atom stereocenters. The molecule has 0 radical (unpaired) electrons. The molecule has 9 heteroatoms. The second-order valence-electron chi connectivity index (χ2n) is 7.52. The van der Waals surface area contributed by atoms with Crippen LogP contribution in [0.15, 0.2) is 55.1 Å². The van der Waals surface area contributed by atoms with Crippen LogP contribution in [0.4, 0.5) is 15.9 Å². The van der Waals surface area contributed by atoms with Crippen LogP contribution in [0.5, 0.6) is 0 Å². The van der Waals surface area contributed by atoms with Gasteiger partial charge in [0.15, 0.2) is 11.6 Å². The average molecular weight is 418 g/mol. The summed E-state index contributed by atoms with van der Waals surface area (Å²) in [6.07, 6.45) is 8.51. The minimum absolute atomic E-state index is 0.307. The van der Waals surface area contributed by atoms with E-state index in [1.807, 2.05) is 30.5 Å². The number of halogens is 1. The molecule has 1 saturated heterocycles. The van der Waals surface area contributed by atoms with Crippen molar-refractivity contribution in [3.8, 4) is 11.5 Å². The molecule has 5 heterocycles. The average Bonchev–Trinajstić information content (AvgIpc) is 3.24. The number of hydrogen-bond donors (Lipinski definition) is 3. The van der Waals surface area contributed by atoms with E-state index < -0.39 is 5.82 Å². The van der Waals surface area contributed by atoms with Gasteiger partial charge in [-0.2, -0.15) is 0 Å². The van der Waals surface area contributed by atoms with Crippen LogP contribution in [0, 0.1) is 5.82 Å². The van der Waals surface area contributed by atoms with E-state index in [-0.39, 0.29) is 0 Å². The Bertz CT molecular complexity index is 1170. The summed E-state index contributed by atoms with van der Waals surface area (Å²) >= 11 is 0. The van der Waals surface area contributed by atoms with Gasteiger partial charge in [0, 0.05) is 31.2 Å². The Morgan fingerprint density at radius 3 is 2.84 bits per heavy atom. The van der Waals surface area contributed by atoms with Crippen molar-refractivity contribution in [3.05, 3.63) is 66.5 Å². The Labute approximate surface area is 179 Å². The van der Waals surface area contributed by atoms with E-state index in [0.717, 1.165) is 37.0 Å². The van der Waals surface area contributed by atoms with Gasteiger partial charge in [-0.25, -0.2) is 13.9 Å². The number of fused-ring (bicyclic) bond motifs is 1. The zero-order valence-electron chi connectivity index (χ0n) is 16.9. The van der Waals surface area contributed by atoms with Gasteiger partial charge in [0.1, 0.15) is 11.2 Å². The molecular formula is C22H23FN8. The maximum absolute atomic E-state index is 14.3. The van der Waals surface area contributed by atoms with Gasteiger partial charge in [0.25, 0.3) is 0 Å². The number of rotatable bonds is 6. The van der Waals surface area contributed by atoms with Crippen LogP contribution < -0.4 is 16.0 Å². The number of pyridine rings is 2. The zero-order valence-corrected chi connectivity index (χ0v) is 16.9. The predicted octanol–water partition coefficient (Wildman–Crippen LogP) is 2.91. The highest BCUT2D eigenvalue weighted by molar-refractivity contribution is 5.78. The molecule has 0 saturated carbocycles. The van der Waals surface area contributed by atoms with Crippen LogP contribution in [0.25, 0.3) is 17.0 Å². The summed E-state index contributed by atoms with van der Waals surface area (Å²) in [7, 11) is 0. The fourth-order valence-corrected chi connectivity index (χ4v) is 3.81. The second-order valence-corrected chi connectivity index (χ2v) is 7.52. The number of nitrogens with zero attached hydrogens (tertiary/aromatic N) is 5. The maximum Gasteiger partial charge on any atom is 0.200 e. The first-order chi connectivity index (χ1) is 15.3. The molecule has 3 N–H and O–H groups in total. The van der Waals surface area contributed by atoms with E-state index >= 15 is 0 Å². The van der Waals surface area contributed by atoms with Crippen LogP contribution >= 0.6 is 0 Å². The van der Waals surface area contributed by atoms with E-state index in [4.69, 9.17) is 4.98 Å². The topological polar surface area (TPSA) is 92.1 Å². The number of aromatic nitrogens is 5. The first kappa shape index (κ1) is 19.5. The van der Waals surface area contributed by atoms with Crippen LogP contribution in [0.1, 0.15) is 18.4 Å². The normalized spacial score (nSPS) is 14.7. The molecule has 5 rings (SSSR count). The molecule has 4 aromatic heterocycles. The first-order valence-corrected chi connectivity index (χ1v) is 10.4. The van der Waals surface area contributed by atoms with E-state index in [1.54, 1.807) is 23.0 Å². The van der Waals surface area contributed by atoms with E-state index in [0.29, 0.717) is 35.6 Å². The second kappa shape index (κ2) is 8.75. The highest BCUT2D eigenvalue weighted by Crippen LogP contribution is 2.27. The predicted molar refractivity (Wildman–Crippen MR) is 116 cm³/mol. The number of nitrogens with one attached hydrogen (secondary N) is 3. The molecular weight excluding hydrogens is 395 g/mol. The van der Waals surface area contributed by atoms with Gasteiger partial charge >= 0.3 is 0 Å². The summed E-state index contributed by atoms with van der Waals surface area (Å²) in [6, 6.07) is 9.65. The fourth-order valence-electron chi connectivity index (χ4n) is 3.81. The third-order valence-electron chi connectivity index (χ3n) is 5.43. The summed E-state index contributed by atoms with van der Waals surface area (Å²) in [5, 5.41) is 14.8. The fraction of sp³-hybridized carbons (Fsp3) is 0.273. The molecule has 0 aliphatic carbocycles. The van der Waals surface area contributed by atoms with Crippen molar-refractivity contribution < 1.29 is 4.39 Å². The molecule has 31 heavy (non-hydrogen) atoms. The van der Waals surface area contributed by atoms with E-state index in [9.17, 15) is 4.39 Å². The van der Waals surface area contributed by atoms with Gasteiger partial charge in [-0.1, -0.05) is 6.07 Å². The molecule has 1 fully saturated rings. The lowest BCUT2D eigenvalue weighted by Gasteiger charge is -2.23. The van der Waals surface area contributed by atoms with E-state index in [1.165, 1.54) is 6.20 Å². The number of piperidine rings is 1. The highest BCUT2D eigenvalue weighted by Gasteiger charge is 2.18. The van der Waals surface area contributed by atoms with Crippen molar-refractivity contribution in [2.24, 2.45) is 0 Å². The third-order valence-corrected chi connectivity index (χ3v) is 5.43. The Kier molecular flexibility index (Phi) is 5.51. The minimum Gasteiger partial charge on any atom is -0.336 e. The number of anilines is 2. The van der Waals surface area contributed by atoms with Crippen LogP contribution in [-0.4, -0.2) is 43.7 Å². The van der Waals surface area contributed by atoms with Crippen molar-refractivity contribution >= 4 is 17.0 Å². The van der Waals surface area contributed by atoms with Gasteiger partial charge in [0.2, 0.25) is 5.82 Å². The molecule has 0 amide bonds. The summed E-state index contributed by atoms with van der Waals surface area (Å²) in [4.78, 5) is 12.9. The van der Waals surface area contributed by atoms with Crippen molar-refractivity contribution in [1.29, 1.82) is 0 Å². The lowest BCUT2D eigenvalue weighted by atomic mass is 10.1. The zero-order chi connectivity index (χ0) is 21.0. The monoisotopic (exact) mass is 418 g/mol. The van der Waals surface area contributed by atoms with Crippen molar-refractivity contribution in [2.45, 2.75) is 25.4 Å². The lowest BCUT2D eigenvalue weighted by molar-refractivity contribution is 0.387. The molecule has 0 aromatic carbocycles. The standard InChI is InChI=1S/C22H23FN8/c23-17-14-25-11-6-18(17)28-22-20-15(13-27-16-4-9-24-10-5-16)7-12-31(20)30-21(29-22)19-3-1-2-8-26-19/h1-3,6-8,11-12,14,16,24,27H,4-5,9-10,13H2,(H,25,28,29,30).